The van der Waals surface area contributed by atoms with Crippen molar-refractivity contribution in [2.24, 2.45) is 0 Å². The molecule has 1 amide bonds. The minimum Gasteiger partial charge on any atom is -0.452 e. The number of carbonyl (C=O) groups is 2. The number of anilines is 1. The molecule has 114 valence electrons. The largest absolute Gasteiger partial charge is 0.452 e. The molecule has 0 bridgehead atoms. The van der Waals surface area contributed by atoms with Gasteiger partial charge in [0.2, 0.25) is 0 Å². The van der Waals surface area contributed by atoms with E-state index in [0.29, 0.717) is 5.69 Å². The second kappa shape index (κ2) is 7.24. The molecule has 1 N–H and O–H groups in total. The van der Waals surface area contributed by atoms with Gasteiger partial charge in [-0.3, -0.25) is 4.79 Å². The van der Waals surface area contributed by atoms with Gasteiger partial charge in [-0.25, -0.2) is 9.18 Å². The van der Waals surface area contributed by atoms with Crippen LogP contribution in [0.1, 0.15) is 10.4 Å². The quantitative estimate of drug-likeness (QED) is 0.857. The van der Waals surface area contributed by atoms with Crippen molar-refractivity contribution in [3.05, 3.63) is 63.9 Å². The van der Waals surface area contributed by atoms with Gasteiger partial charge in [0.25, 0.3) is 5.91 Å². The smallest absolute Gasteiger partial charge is 0.341 e. The van der Waals surface area contributed by atoms with Crippen LogP contribution in [0.2, 0.25) is 10.0 Å². The third-order valence-corrected chi connectivity index (χ3v) is 3.47. The summed E-state index contributed by atoms with van der Waals surface area (Å²) in [5.41, 5.74) is 0.0530. The van der Waals surface area contributed by atoms with E-state index in [-0.39, 0.29) is 15.6 Å². The van der Waals surface area contributed by atoms with Crippen molar-refractivity contribution in [3.8, 4) is 0 Å². The maximum atomic E-state index is 13.4. The van der Waals surface area contributed by atoms with Crippen LogP contribution in [0, 0.1) is 5.82 Å². The van der Waals surface area contributed by atoms with Gasteiger partial charge in [0.15, 0.2) is 6.61 Å². The molecule has 2 rings (SSSR count). The monoisotopic (exact) mass is 341 g/mol. The lowest BCUT2D eigenvalue weighted by molar-refractivity contribution is -0.119. The zero-order chi connectivity index (χ0) is 16.1. The zero-order valence-electron chi connectivity index (χ0n) is 11.1. The summed E-state index contributed by atoms with van der Waals surface area (Å²) in [4.78, 5) is 23.4. The topological polar surface area (TPSA) is 55.4 Å². The molecule has 0 heterocycles. The van der Waals surface area contributed by atoms with Crippen LogP contribution in [-0.4, -0.2) is 18.5 Å². The predicted octanol–water partition coefficient (Wildman–Crippen LogP) is 3.93. The summed E-state index contributed by atoms with van der Waals surface area (Å²) in [5.74, 6) is -2.26. The van der Waals surface area contributed by atoms with Gasteiger partial charge in [0, 0.05) is 0 Å². The van der Waals surface area contributed by atoms with Crippen LogP contribution in [0.5, 0.6) is 0 Å². The van der Waals surface area contributed by atoms with E-state index in [9.17, 15) is 14.0 Å². The summed E-state index contributed by atoms with van der Waals surface area (Å²) < 4.78 is 18.1. The molecule has 2 aromatic rings. The Balaban J connectivity index is 1.95. The first-order valence-corrected chi connectivity index (χ1v) is 6.90. The molecule has 0 atom stereocenters. The van der Waals surface area contributed by atoms with Crippen molar-refractivity contribution in [2.45, 2.75) is 0 Å². The number of benzene rings is 2. The first kappa shape index (κ1) is 16.3. The molecule has 7 heteroatoms. The van der Waals surface area contributed by atoms with Crippen LogP contribution in [0.4, 0.5) is 10.1 Å². The Labute approximate surface area is 135 Å². The normalized spacial score (nSPS) is 10.1. The molecule has 0 radical (unpaired) electrons. The highest BCUT2D eigenvalue weighted by molar-refractivity contribution is 6.44. The lowest BCUT2D eigenvalue weighted by Gasteiger charge is -2.09. The molecule has 4 nitrogen and oxygen atoms in total. The van der Waals surface area contributed by atoms with Crippen LogP contribution in [0.15, 0.2) is 42.5 Å². The average molecular weight is 342 g/mol. The lowest BCUT2D eigenvalue weighted by Crippen LogP contribution is -2.21. The Hall–Kier alpha value is -2.11. The van der Waals surface area contributed by atoms with Gasteiger partial charge in [-0.2, -0.15) is 0 Å². The van der Waals surface area contributed by atoms with E-state index in [1.807, 2.05) is 0 Å². The highest BCUT2D eigenvalue weighted by Crippen LogP contribution is 2.29. The number of hydrogen-bond donors (Lipinski definition) is 1. The Morgan fingerprint density at radius 2 is 1.82 bits per heavy atom. The van der Waals surface area contributed by atoms with E-state index in [1.165, 1.54) is 18.2 Å². The fraction of sp³-hybridized carbons (Fsp3) is 0.0667. The molecule has 0 aliphatic heterocycles. The van der Waals surface area contributed by atoms with Crippen LogP contribution in [0.25, 0.3) is 0 Å². The number of esters is 1. The predicted molar refractivity (Wildman–Crippen MR) is 81.8 cm³/mol. The highest BCUT2D eigenvalue weighted by atomic mass is 35.5. The molecule has 0 unspecified atom stereocenters. The Morgan fingerprint density at radius 3 is 2.55 bits per heavy atom. The van der Waals surface area contributed by atoms with Crippen molar-refractivity contribution in [3.63, 3.8) is 0 Å². The van der Waals surface area contributed by atoms with Crippen molar-refractivity contribution in [1.29, 1.82) is 0 Å². The van der Waals surface area contributed by atoms with Crippen molar-refractivity contribution in [2.75, 3.05) is 11.9 Å². The maximum absolute atomic E-state index is 13.4. The minimum absolute atomic E-state index is 0.179. The van der Waals surface area contributed by atoms with Gasteiger partial charge < -0.3 is 10.1 Å². The lowest BCUT2D eigenvalue weighted by atomic mass is 10.2. The summed E-state index contributed by atoms with van der Waals surface area (Å²) >= 11 is 11.7. The fourth-order valence-corrected chi connectivity index (χ4v) is 1.97. The molecule has 0 aliphatic carbocycles. The second-order valence-electron chi connectivity index (χ2n) is 4.21. The van der Waals surface area contributed by atoms with Gasteiger partial charge in [0.05, 0.1) is 21.3 Å². The van der Waals surface area contributed by atoms with Crippen LogP contribution in [0.3, 0.4) is 0 Å². The minimum atomic E-state index is -0.926. The van der Waals surface area contributed by atoms with Crippen molar-refractivity contribution < 1.29 is 18.7 Å². The van der Waals surface area contributed by atoms with Gasteiger partial charge in [0.1, 0.15) is 5.82 Å². The SMILES string of the molecule is O=C(COC(=O)c1ccccc1F)Nc1cccc(Cl)c1Cl. The van der Waals surface area contributed by atoms with Gasteiger partial charge in [-0.1, -0.05) is 41.4 Å². The molecule has 2 aromatic carbocycles. The van der Waals surface area contributed by atoms with E-state index >= 15 is 0 Å². The third-order valence-electron chi connectivity index (χ3n) is 2.65. The number of hydrogen-bond acceptors (Lipinski definition) is 3. The number of rotatable bonds is 4. The highest BCUT2D eigenvalue weighted by Gasteiger charge is 2.15. The molecular formula is C15H10Cl2FNO3. The molecule has 22 heavy (non-hydrogen) atoms. The maximum Gasteiger partial charge on any atom is 0.341 e. The van der Waals surface area contributed by atoms with Crippen molar-refractivity contribution in [1.82, 2.24) is 0 Å². The van der Waals surface area contributed by atoms with Crippen LogP contribution in [-0.2, 0) is 9.53 Å². The van der Waals surface area contributed by atoms with E-state index in [0.717, 1.165) is 6.07 Å². The van der Waals surface area contributed by atoms with E-state index in [4.69, 9.17) is 27.9 Å². The summed E-state index contributed by atoms with van der Waals surface area (Å²) in [6, 6.07) is 10.1. The second-order valence-corrected chi connectivity index (χ2v) is 4.99. The molecule has 0 aliphatic rings. The summed E-state index contributed by atoms with van der Waals surface area (Å²) in [7, 11) is 0. The summed E-state index contributed by atoms with van der Waals surface area (Å²) in [6.07, 6.45) is 0. The summed E-state index contributed by atoms with van der Waals surface area (Å²) in [5, 5.41) is 2.91. The Bertz CT molecular complexity index is 722. The Morgan fingerprint density at radius 1 is 1.09 bits per heavy atom. The Kier molecular flexibility index (Phi) is 5.35. The van der Waals surface area contributed by atoms with E-state index < -0.39 is 24.3 Å². The number of halogens is 3. The molecular weight excluding hydrogens is 332 g/mol. The first-order valence-electron chi connectivity index (χ1n) is 6.14. The zero-order valence-corrected chi connectivity index (χ0v) is 12.6. The molecule has 0 saturated heterocycles. The number of nitrogens with one attached hydrogen (secondary N) is 1. The molecule has 0 aromatic heterocycles. The summed E-state index contributed by atoms with van der Waals surface area (Å²) in [6.45, 7) is -0.573. The standard InChI is InChI=1S/C15H10Cl2FNO3/c16-10-5-3-7-12(14(10)17)19-13(20)8-22-15(21)9-4-1-2-6-11(9)18/h1-7H,8H2,(H,19,20). The van der Waals surface area contributed by atoms with Crippen molar-refractivity contribution >= 4 is 40.8 Å². The van der Waals surface area contributed by atoms with Gasteiger partial charge in [-0.05, 0) is 24.3 Å². The molecule has 0 fully saturated rings. The average Bonchev–Trinajstić information content (AvgIpc) is 2.50. The van der Waals surface area contributed by atoms with E-state index in [2.05, 4.69) is 5.32 Å². The van der Waals surface area contributed by atoms with Gasteiger partial charge >= 0.3 is 5.97 Å². The van der Waals surface area contributed by atoms with E-state index in [1.54, 1.807) is 18.2 Å². The molecule has 0 saturated carbocycles. The molecule has 0 spiro atoms. The van der Waals surface area contributed by atoms with Gasteiger partial charge in [-0.15, -0.1) is 0 Å². The fourth-order valence-electron chi connectivity index (χ4n) is 1.62. The number of ether oxygens (including phenoxy) is 1. The third kappa shape index (κ3) is 3.96. The number of carbonyl (C=O) groups excluding carboxylic acids is 2. The number of amides is 1. The first-order chi connectivity index (χ1) is 10.5. The van der Waals surface area contributed by atoms with Crippen LogP contribution >= 0.6 is 23.2 Å². The van der Waals surface area contributed by atoms with Crippen LogP contribution < -0.4 is 5.32 Å².